The van der Waals surface area contributed by atoms with Crippen LogP contribution in [0.2, 0.25) is 0 Å². The Bertz CT molecular complexity index is 285. The Labute approximate surface area is 98.0 Å². The molecule has 0 bridgehead atoms. The maximum atomic E-state index is 4.59. The van der Waals surface area contributed by atoms with Gasteiger partial charge in [-0.1, -0.05) is 26.5 Å². The van der Waals surface area contributed by atoms with E-state index in [0.717, 1.165) is 17.7 Å². The quantitative estimate of drug-likeness (QED) is 0.527. The van der Waals surface area contributed by atoms with Crippen LogP contribution in [0, 0.1) is 11.8 Å². The van der Waals surface area contributed by atoms with Gasteiger partial charge in [-0.2, -0.15) is 12.6 Å². The third-order valence-corrected chi connectivity index (χ3v) is 3.94. The molecule has 0 aromatic carbocycles. The van der Waals surface area contributed by atoms with Crippen molar-refractivity contribution in [1.29, 1.82) is 0 Å². The van der Waals surface area contributed by atoms with Crippen LogP contribution in [0.1, 0.15) is 26.7 Å². The molecule has 0 spiro atoms. The Morgan fingerprint density at radius 1 is 1.79 bits per heavy atom. The lowest BCUT2D eigenvalue weighted by molar-refractivity contribution is 0.544. The fourth-order valence-corrected chi connectivity index (χ4v) is 2.26. The molecule has 0 aromatic heterocycles. The SMILES string of the molecule is C=C=C1C[C@H]1C(C)C(S)/C=C(/S)CC. The molecule has 14 heavy (non-hydrogen) atoms. The van der Waals surface area contributed by atoms with Crippen molar-refractivity contribution < 1.29 is 0 Å². The summed E-state index contributed by atoms with van der Waals surface area (Å²) in [4.78, 5) is 1.13. The van der Waals surface area contributed by atoms with Gasteiger partial charge in [-0.25, -0.2) is 0 Å². The summed E-state index contributed by atoms with van der Waals surface area (Å²) in [6.07, 6.45) is 4.29. The van der Waals surface area contributed by atoms with E-state index < -0.39 is 0 Å². The van der Waals surface area contributed by atoms with Crippen molar-refractivity contribution in [1.82, 2.24) is 0 Å². The van der Waals surface area contributed by atoms with Gasteiger partial charge < -0.3 is 0 Å². The lowest BCUT2D eigenvalue weighted by atomic mass is 10.0. The average Bonchev–Trinajstić information content (AvgIpc) is 2.95. The summed E-state index contributed by atoms with van der Waals surface area (Å²) in [5.41, 5.74) is 4.35. The highest BCUT2D eigenvalue weighted by Gasteiger charge is 2.36. The maximum absolute atomic E-state index is 4.59. The standard InChI is InChI=1S/C12H18S2/c1-4-9-6-11(9)8(3)12(14)7-10(13)5-2/h7-8,11-14H,1,5-6H2,2-3H3/b10-7+/t8?,11-,12?/m0/s1. The Morgan fingerprint density at radius 2 is 2.43 bits per heavy atom. The molecule has 1 rings (SSSR count). The van der Waals surface area contributed by atoms with E-state index in [1.165, 1.54) is 5.57 Å². The van der Waals surface area contributed by atoms with E-state index in [2.05, 4.69) is 57.5 Å². The first-order valence-corrected chi connectivity index (χ1v) is 6.03. The number of thiol groups is 2. The third-order valence-electron chi connectivity index (χ3n) is 2.85. The van der Waals surface area contributed by atoms with Gasteiger partial charge in [-0.05, 0) is 35.2 Å². The fraction of sp³-hybridized carbons (Fsp3) is 0.583. The van der Waals surface area contributed by atoms with Crippen molar-refractivity contribution in [2.24, 2.45) is 11.8 Å². The largest absolute Gasteiger partial charge is 0.171 e. The summed E-state index contributed by atoms with van der Waals surface area (Å²) in [6, 6.07) is 0. The molecular weight excluding hydrogens is 208 g/mol. The Morgan fingerprint density at radius 3 is 2.86 bits per heavy atom. The molecule has 3 atom stereocenters. The third kappa shape index (κ3) is 2.98. The highest BCUT2D eigenvalue weighted by molar-refractivity contribution is 7.84. The highest BCUT2D eigenvalue weighted by Crippen LogP contribution is 2.45. The summed E-state index contributed by atoms with van der Waals surface area (Å²) in [5, 5.41) is 0.304. The van der Waals surface area contributed by atoms with Gasteiger partial charge in [0.2, 0.25) is 0 Å². The lowest BCUT2D eigenvalue weighted by Crippen LogP contribution is -2.11. The number of rotatable bonds is 4. The second-order valence-corrected chi connectivity index (χ2v) is 5.04. The van der Waals surface area contributed by atoms with Crippen molar-refractivity contribution in [2.45, 2.75) is 31.9 Å². The van der Waals surface area contributed by atoms with E-state index in [4.69, 9.17) is 0 Å². The average molecular weight is 226 g/mol. The zero-order valence-corrected chi connectivity index (χ0v) is 10.6. The number of hydrogen-bond acceptors (Lipinski definition) is 2. The van der Waals surface area contributed by atoms with E-state index in [9.17, 15) is 0 Å². The molecule has 0 radical (unpaired) electrons. The first-order chi connectivity index (χ1) is 6.60. The molecule has 0 aliphatic heterocycles. The molecule has 0 amide bonds. The summed E-state index contributed by atoms with van der Waals surface area (Å²) in [6.45, 7) is 8.02. The molecule has 1 aliphatic rings. The molecule has 0 nitrogen and oxygen atoms in total. The minimum atomic E-state index is 0.304. The van der Waals surface area contributed by atoms with Crippen molar-refractivity contribution in [3.63, 3.8) is 0 Å². The number of allylic oxidation sites excluding steroid dienone is 2. The highest BCUT2D eigenvalue weighted by atomic mass is 32.1. The van der Waals surface area contributed by atoms with Crippen molar-refractivity contribution >= 4 is 25.3 Å². The molecule has 1 saturated carbocycles. The van der Waals surface area contributed by atoms with Crippen LogP contribution >= 0.6 is 25.3 Å². The minimum Gasteiger partial charge on any atom is -0.171 e. The van der Waals surface area contributed by atoms with Crippen LogP contribution in [0.4, 0.5) is 0 Å². The lowest BCUT2D eigenvalue weighted by Gasteiger charge is -2.15. The van der Waals surface area contributed by atoms with Crippen LogP contribution in [-0.2, 0) is 0 Å². The van der Waals surface area contributed by atoms with Gasteiger partial charge in [0.15, 0.2) is 0 Å². The van der Waals surface area contributed by atoms with Gasteiger partial charge in [0.25, 0.3) is 0 Å². The second kappa shape index (κ2) is 5.16. The predicted molar refractivity (Wildman–Crippen MR) is 70.1 cm³/mol. The van der Waals surface area contributed by atoms with E-state index >= 15 is 0 Å². The van der Waals surface area contributed by atoms with Crippen LogP contribution in [0.5, 0.6) is 0 Å². The van der Waals surface area contributed by atoms with Crippen LogP contribution in [-0.4, -0.2) is 5.25 Å². The molecule has 1 aliphatic carbocycles. The first kappa shape index (κ1) is 12.0. The van der Waals surface area contributed by atoms with Crippen LogP contribution in [0.15, 0.2) is 28.9 Å². The topological polar surface area (TPSA) is 0 Å². The van der Waals surface area contributed by atoms with Crippen molar-refractivity contribution in [3.8, 4) is 0 Å². The van der Waals surface area contributed by atoms with Crippen LogP contribution in [0.3, 0.4) is 0 Å². The van der Waals surface area contributed by atoms with E-state index in [1.807, 2.05) is 0 Å². The molecule has 0 N–H and O–H groups in total. The Balaban J connectivity index is 2.54. The normalized spacial score (nSPS) is 25.6. The zero-order valence-electron chi connectivity index (χ0n) is 8.83. The fourth-order valence-electron chi connectivity index (χ4n) is 1.59. The predicted octanol–water partition coefficient (Wildman–Crippen LogP) is 3.88. The first-order valence-electron chi connectivity index (χ1n) is 5.06. The summed E-state index contributed by atoms with van der Waals surface area (Å²) in [7, 11) is 0. The zero-order chi connectivity index (χ0) is 10.7. The molecule has 0 saturated heterocycles. The summed E-state index contributed by atoms with van der Waals surface area (Å²) >= 11 is 8.97. The van der Waals surface area contributed by atoms with Crippen molar-refractivity contribution in [2.75, 3.05) is 0 Å². The summed E-state index contributed by atoms with van der Waals surface area (Å²) in [5.74, 6) is 1.22. The van der Waals surface area contributed by atoms with Gasteiger partial charge in [0.05, 0.1) is 0 Å². The molecule has 1 fully saturated rings. The Hall–Kier alpha value is -0.0400. The molecule has 78 valence electrons. The van der Waals surface area contributed by atoms with Gasteiger partial charge in [0, 0.05) is 5.25 Å². The van der Waals surface area contributed by atoms with E-state index in [-0.39, 0.29) is 0 Å². The van der Waals surface area contributed by atoms with E-state index in [0.29, 0.717) is 17.1 Å². The molecule has 0 aromatic rings. The molecule has 2 unspecified atom stereocenters. The van der Waals surface area contributed by atoms with Gasteiger partial charge in [-0.15, -0.1) is 18.4 Å². The smallest absolute Gasteiger partial charge is 0.0239 e. The van der Waals surface area contributed by atoms with Crippen molar-refractivity contribution in [3.05, 3.63) is 28.9 Å². The molecule has 0 heterocycles. The molecule has 2 heteroatoms. The van der Waals surface area contributed by atoms with Gasteiger partial charge >= 0.3 is 0 Å². The summed E-state index contributed by atoms with van der Waals surface area (Å²) < 4.78 is 0. The molecular formula is C12H18S2. The second-order valence-electron chi connectivity index (χ2n) is 3.87. The van der Waals surface area contributed by atoms with Crippen LogP contribution < -0.4 is 0 Å². The Kier molecular flexibility index (Phi) is 4.43. The minimum absolute atomic E-state index is 0.304. The maximum Gasteiger partial charge on any atom is 0.0239 e. The monoisotopic (exact) mass is 226 g/mol. The van der Waals surface area contributed by atoms with Gasteiger partial charge in [0.1, 0.15) is 0 Å². The van der Waals surface area contributed by atoms with Crippen LogP contribution in [0.25, 0.3) is 0 Å². The number of hydrogen-bond donors (Lipinski definition) is 2. The van der Waals surface area contributed by atoms with Gasteiger partial charge in [-0.3, -0.25) is 0 Å². The van der Waals surface area contributed by atoms with E-state index in [1.54, 1.807) is 0 Å².